The van der Waals surface area contributed by atoms with Crippen molar-refractivity contribution >= 4 is 51.3 Å². The van der Waals surface area contributed by atoms with Crippen molar-refractivity contribution in [3.05, 3.63) is 58.3 Å². The highest BCUT2D eigenvalue weighted by Crippen LogP contribution is 2.34. The highest BCUT2D eigenvalue weighted by Gasteiger charge is 2.33. The standard InChI is InChI=1S/C20H21N3O2S3/c24-19(14-28-20(26)22-8-10-25-11-9-22)23-17(15-5-2-1-3-6-15)13-16(21-23)18-7-4-12-27-18/h1-7,12,17H,8-11,13-14H2. The molecule has 2 aliphatic rings. The van der Waals surface area contributed by atoms with E-state index in [-0.39, 0.29) is 11.9 Å². The molecule has 1 atom stereocenters. The molecule has 1 unspecified atom stereocenters. The summed E-state index contributed by atoms with van der Waals surface area (Å²) in [6, 6.07) is 14.1. The van der Waals surface area contributed by atoms with Crippen LogP contribution in [0.3, 0.4) is 0 Å². The Morgan fingerprint density at radius 3 is 2.71 bits per heavy atom. The van der Waals surface area contributed by atoms with E-state index in [1.165, 1.54) is 11.8 Å². The lowest BCUT2D eigenvalue weighted by molar-refractivity contribution is -0.130. The molecule has 1 aromatic heterocycles. The number of benzene rings is 1. The van der Waals surface area contributed by atoms with Crippen LogP contribution in [0.2, 0.25) is 0 Å². The van der Waals surface area contributed by atoms with Crippen LogP contribution in [0.4, 0.5) is 0 Å². The van der Waals surface area contributed by atoms with Crippen LogP contribution in [0, 0.1) is 0 Å². The Labute approximate surface area is 178 Å². The van der Waals surface area contributed by atoms with Crippen LogP contribution in [0.25, 0.3) is 0 Å². The molecule has 0 spiro atoms. The predicted octanol–water partition coefficient (Wildman–Crippen LogP) is 3.78. The number of amides is 1. The molecule has 1 fully saturated rings. The summed E-state index contributed by atoms with van der Waals surface area (Å²) < 4.78 is 6.12. The third-order valence-corrected chi connectivity index (χ3v) is 7.17. The monoisotopic (exact) mass is 431 g/mol. The Kier molecular flexibility index (Phi) is 6.41. The molecule has 0 aliphatic carbocycles. The van der Waals surface area contributed by atoms with Crippen LogP contribution >= 0.6 is 35.3 Å². The predicted molar refractivity (Wildman–Crippen MR) is 119 cm³/mol. The Bertz CT molecular complexity index is 849. The lowest BCUT2D eigenvalue weighted by atomic mass is 10.0. The highest BCUT2D eigenvalue weighted by molar-refractivity contribution is 8.23. The zero-order valence-corrected chi connectivity index (χ0v) is 17.8. The number of hydrogen-bond acceptors (Lipinski definition) is 6. The van der Waals surface area contributed by atoms with Gasteiger partial charge in [-0.15, -0.1) is 11.3 Å². The fourth-order valence-corrected chi connectivity index (χ4v) is 5.12. The second kappa shape index (κ2) is 9.17. The van der Waals surface area contributed by atoms with Gasteiger partial charge in [0, 0.05) is 19.5 Å². The number of thioether (sulfide) groups is 1. The summed E-state index contributed by atoms with van der Waals surface area (Å²) >= 11 is 8.58. The topological polar surface area (TPSA) is 45.1 Å². The summed E-state index contributed by atoms with van der Waals surface area (Å²) in [5, 5.41) is 8.39. The summed E-state index contributed by atoms with van der Waals surface area (Å²) in [6.07, 6.45) is 0.731. The van der Waals surface area contributed by atoms with E-state index in [9.17, 15) is 4.79 Å². The Morgan fingerprint density at radius 2 is 2.00 bits per heavy atom. The zero-order chi connectivity index (χ0) is 19.3. The molecule has 0 saturated carbocycles. The first-order valence-corrected chi connectivity index (χ1v) is 11.5. The van der Waals surface area contributed by atoms with Crippen LogP contribution in [0.15, 0.2) is 52.9 Å². The molecule has 0 radical (unpaired) electrons. The first-order valence-electron chi connectivity index (χ1n) is 9.20. The summed E-state index contributed by atoms with van der Waals surface area (Å²) in [7, 11) is 0. The molecule has 1 amide bonds. The molecule has 5 nitrogen and oxygen atoms in total. The van der Waals surface area contributed by atoms with Gasteiger partial charge in [-0.3, -0.25) is 4.79 Å². The molecule has 2 aliphatic heterocycles. The minimum absolute atomic E-state index is 0.0129. The van der Waals surface area contributed by atoms with Gasteiger partial charge in [0.05, 0.1) is 35.6 Å². The van der Waals surface area contributed by atoms with E-state index < -0.39 is 0 Å². The summed E-state index contributed by atoms with van der Waals surface area (Å²) in [5.41, 5.74) is 2.07. The normalized spacial score (nSPS) is 19.6. The average molecular weight is 432 g/mol. The van der Waals surface area contributed by atoms with Gasteiger partial charge in [-0.1, -0.05) is 60.4 Å². The average Bonchev–Trinajstić information content (AvgIpc) is 3.43. The minimum atomic E-state index is -0.0663. The molecule has 3 heterocycles. The van der Waals surface area contributed by atoms with Crippen molar-refractivity contribution in [3.63, 3.8) is 0 Å². The van der Waals surface area contributed by atoms with Gasteiger partial charge in [-0.05, 0) is 17.0 Å². The minimum Gasteiger partial charge on any atom is -0.378 e. The van der Waals surface area contributed by atoms with Gasteiger partial charge in [-0.25, -0.2) is 5.01 Å². The second-order valence-corrected chi connectivity index (χ2v) is 9.10. The number of hydrogen-bond donors (Lipinski definition) is 0. The molecule has 0 N–H and O–H groups in total. The molecular formula is C20H21N3O2S3. The van der Waals surface area contributed by atoms with E-state index in [1.54, 1.807) is 16.3 Å². The van der Waals surface area contributed by atoms with Crippen LogP contribution < -0.4 is 0 Å². The maximum Gasteiger partial charge on any atom is 0.253 e. The van der Waals surface area contributed by atoms with E-state index in [4.69, 9.17) is 22.1 Å². The van der Waals surface area contributed by atoms with Gasteiger partial charge in [0.25, 0.3) is 5.91 Å². The van der Waals surface area contributed by atoms with Crippen molar-refractivity contribution in [3.8, 4) is 0 Å². The number of ether oxygens (including phenoxy) is 1. The van der Waals surface area contributed by atoms with Gasteiger partial charge in [-0.2, -0.15) is 5.10 Å². The number of thiocarbonyl (C=S) groups is 1. The number of rotatable bonds is 4. The van der Waals surface area contributed by atoms with E-state index in [0.717, 1.165) is 40.0 Å². The van der Waals surface area contributed by atoms with Crippen molar-refractivity contribution in [2.45, 2.75) is 12.5 Å². The molecule has 1 saturated heterocycles. The molecule has 28 heavy (non-hydrogen) atoms. The van der Waals surface area contributed by atoms with Crippen LogP contribution in [-0.4, -0.2) is 57.9 Å². The maximum atomic E-state index is 13.0. The number of hydrazone groups is 1. The lowest BCUT2D eigenvalue weighted by Gasteiger charge is -2.29. The van der Waals surface area contributed by atoms with E-state index in [1.807, 2.05) is 29.6 Å². The number of thiophene rings is 1. The van der Waals surface area contributed by atoms with Crippen molar-refractivity contribution in [1.82, 2.24) is 9.91 Å². The molecule has 146 valence electrons. The molecule has 4 rings (SSSR count). The van der Waals surface area contributed by atoms with E-state index in [2.05, 4.69) is 23.1 Å². The molecule has 8 heteroatoms. The highest BCUT2D eigenvalue weighted by atomic mass is 32.2. The van der Waals surface area contributed by atoms with E-state index in [0.29, 0.717) is 19.0 Å². The van der Waals surface area contributed by atoms with Crippen molar-refractivity contribution in [1.29, 1.82) is 0 Å². The quantitative estimate of drug-likeness (QED) is 0.690. The summed E-state index contributed by atoms with van der Waals surface area (Å²) in [4.78, 5) is 16.3. The largest absolute Gasteiger partial charge is 0.378 e. The van der Waals surface area contributed by atoms with Crippen LogP contribution in [0.5, 0.6) is 0 Å². The zero-order valence-electron chi connectivity index (χ0n) is 15.3. The van der Waals surface area contributed by atoms with Crippen LogP contribution in [0.1, 0.15) is 22.9 Å². The smallest absolute Gasteiger partial charge is 0.253 e. The van der Waals surface area contributed by atoms with Crippen molar-refractivity contribution in [2.24, 2.45) is 5.10 Å². The Hall–Kier alpha value is -1.74. The lowest BCUT2D eigenvalue weighted by Crippen LogP contribution is -2.39. The number of carbonyl (C=O) groups excluding carboxylic acids is 1. The van der Waals surface area contributed by atoms with Gasteiger partial charge >= 0.3 is 0 Å². The molecule has 0 bridgehead atoms. The number of carbonyl (C=O) groups is 1. The molecule has 1 aromatic carbocycles. The maximum absolute atomic E-state index is 13.0. The summed E-state index contributed by atoms with van der Waals surface area (Å²) in [6.45, 7) is 2.95. The van der Waals surface area contributed by atoms with Crippen LogP contribution in [-0.2, 0) is 9.53 Å². The Balaban J connectivity index is 1.47. The third-order valence-electron chi connectivity index (χ3n) is 4.74. The third kappa shape index (κ3) is 4.46. The Morgan fingerprint density at radius 1 is 1.21 bits per heavy atom. The van der Waals surface area contributed by atoms with Gasteiger partial charge in [0.15, 0.2) is 0 Å². The van der Waals surface area contributed by atoms with Crippen molar-refractivity contribution < 1.29 is 9.53 Å². The van der Waals surface area contributed by atoms with Crippen molar-refractivity contribution in [2.75, 3.05) is 32.1 Å². The van der Waals surface area contributed by atoms with Gasteiger partial charge in [0.2, 0.25) is 0 Å². The van der Waals surface area contributed by atoms with Gasteiger partial charge in [0.1, 0.15) is 4.32 Å². The van der Waals surface area contributed by atoms with Gasteiger partial charge < -0.3 is 9.64 Å². The van der Waals surface area contributed by atoms with E-state index >= 15 is 0 Å². The molecular weight excluding hydrogens is 410 g/mol. The fourth-order valence-electron chi connectivity index (χ4n) is 3.29. The fraction of sp³-hybridized carbons (Fsp3) is 0.350. The number of morpholine rings is 1. The first-order chi connectivity index (χ1) is 13.7. The second-order valence-electron chi connectivity index (χ2n) is 6.55. The first kappa shape index (κ1) is 19.6. The SMILES string of the molecule is O=C(CSC(=S)N1CCOCC1)N1N=C(c2cccs2)CC1c1ccccc1. The molecule has 2 aromatic rings. The number of nitrogens with zero attached hydrogens (tertiary/aromatic N) is 3. The summed E-state index contributed by atoms with van der Waals surface area (Å²) in [5.74, 6) is 0.279.